The molecule has 2 heterocycles. The highest BCUT2D eigenvalue weighted by molar-refractivity contribution is 7.21. The van der Waals surface area contributed by atoms with Crippen LogP contribution in [-0.4, -0.2) is 10.8 Å². The highest BCUT2D eigenvalue weighted by atomic mass is 32.1. The van der Waals surface area contributed by atoms with Crippen LogP contribution in [-0.2, 0) is 0 Å². The lowest BCUT2D eigenvalue weighted by atomic mass is 10.2. The number of fused-ring (bicyclic) bond motifs is 2. The van der Waals surface area contributed by atoms with Gasteiger partial charge in [0.1, 0.15) is 0 Å². The van der Waals surface area contributed by atoms with E-state index < -0.39 is 0 Å². The number of benzene rings is 2. The van der Waals surface area contributed by atoms with Gasteiger partial charge in [0.15, 0.2) is 11.5 Å². The molecule has 0 N–H and O–H groups in total. The van der Waals surface area contributed by atoms with E-state index in [1.807, 2.05) is 36.4 Å². The number of rotatable bonds is 2. The molecule has 23 heavy (non-hydrogen) atoms. The van der Waals surface area contributed by atoms with Crippen molar-refractivity contribution >= 4 is 33.2 Å². The van der Waals surface area contributed by atoms with Gasteiger partial charge in [-0.3, -0.25) is 4.79 Å². The van der Waals surface area contributed by atoms with Gasteiger partial charge in [-0.25, -0.2) is 9.98 Å². The van der Waals surface area contributed by atoms with Crippen LogP contribution in [0.2, 0.25) is 0 Å². The van der Waals surface area contributed by atoms with Crippen LogP contribution in [0, 0.1) is 0 Å². The van der Waals surface area contributed by atoms with Crippen LogP contribution in [0.5, 0.6) is 0 Å². The third-order valence-electron chi connectivity index (χ3n) is 3.45. The Balaban J connectivity index is 1.84. The van der Waals surface area contributed by atoms with Gasteiger partial charge in [-0.05, 0) is 36.4 Å². The number of ketones is 1. The fraction of sp³-hybridized carbons (Fsp3) is 0.0556. The van der Waals surface area contributed by atoms with Crippen LogP contribution >= 0.6 is 11.3 Å². The van der Waals surface area contributed by atoms with Crippen molar-refractivity contribution in [3.63, 3.8) is 0 Å². The molecular formula is C18H12N2O2S. The van der Waals surface area contributed by atoms with Crippen LogP contribution in [0.25, 0.3) is 20.8 Å². The Morgan fingerprint density at radius 2 is 2.00 bits per heavy atom. The zero-order valence-corrected chi connectivity index (χ0v) is 13.1. The molecule has 1 aliphatic heterocycles. The molecule has 5 heteroatoms. The van der Waals surface area contributed by atoms with Crippen molar-refractivity contribution in [1.82, 2.24) is 4.98 Å². The molecule has 4 nitrogen and oxygen atoms in total. The number of hydrogen-bond donors (Lipinski definition) is 0. The highest BCUT2D eigenvalue weighted by Gasteiger charge is 2.07. The minimum Gasteiger partial charge on any atom is -0.435 e. The van der Waals surface area contributed by atoms with Gasteiger partial charge in [0.25, 0.3) is 0 Å². The summed E-state index contributed by atoms with van der Waals surface area (Å²) in [4.78, 5) is 21.4. The van der Waals surface area contributed by atoms with Gasteiger partial charge in [0.2, 0.25) is 5.88 Å². The fourth-order valence-electron chi connectivity index (χ4n) is 2.33. The van der Waals surface area contributed by atoms with Crippen LogP contribution in [0.3, 0.4) is 0 Å². The van der Waals surface area contributed by atoms with Crippen molar-refractivity contribution in [2.45, 2.75) is 6.92 Å². The van der Waals surface area contributed by atoms with Gasteiger partial charge in [-0.1, -0.05) is 12.1 Å². The topological polar surface area (TPSA) is 55.5 Å². The summed E-state index contributed by atoms with van der Waals surface area (Å²) in [7, 11) is 0. The maximum absolute atomic E-state index is 11.3. The molecule has 1 aromatic heterocycles. The lowest BCUT2D eigenvalue weighted by Crippen LogP contribution is -2.00. The van der Waals surface area contributed by atoms with Gasteiger partial charge in [0, 0.05) is 13.0 Å². The maximum atomic E-state index is 11.3. The number of aromatic nitrogens is 1. The molecule has 1 aromatic carbocycles. The summed E-state index contributed by atoms with van der Waals surface area (Å²) >= 11 is 1.68. The first kappa shape index (κ1) is 13.8. The van der Waals surface area contributed by atoms with E-state index >= 15 is 0 Å². The summed E-state index contributed by atoms with van der Waals surface area (Å²) in [5, 5.41) is 0.773. The molecule has 4 rings (SSSR count). The third-order valence-corrected chi connectivity index (χ3v) is 4.56. The minimum atomic E-state index is -0.108. The lowest BCUT2D eigenvalue weighted by molar-refractivity contribution is 0.0988. The van der Waals surface area contributed by atoms with Gasteiger partial charge in [0.05, 0.1) is 26.1 Å². The number of carbonyl (C=O) groups excluding carboxylic acids is 1. The Bertz CT molecular complexity index is 1060. The Kier molecular flexibility index (Phi) is 3.28. The first-order valence-corrected chi connectivity index (χ1v) is 7.96. The smallest absolute Gasteiger partial charge is 0.220 e. The quantitative estimate of drug-likeness (QED) is 0.405. The van der Waals surface area contributed by atoms with Gasteiger partial charge < -0.3 is 4.42 Å². The number of nitrogens with zero attached hydrogens (tertiary/aromatic N) is 2. The van der Waals surface area contributed by atoms with Gasteiger partial charge in [-0.2, -0.15) is 0 Å². The van der Waals surface area contributed by atoms with E-state index in [2.05, 4.69) is 16.0 Å². The number of Topliss-reactive ketones (excluding diaryl/α,β-unsaturated/α-hetero) is 1. The van der Waals surface area contributed by atoms with Crippen molar-refractivity contribution in [2.75, 3.05) is 0 Å². The molecule has 0 spiro atoms. The SMILES string of the molecule is CC(=O)c1ccc(N=c2ccc3nc4ccccc4sc-3c2)o1. The Morgan fingerprint density at radius 3 is 2.83 bits per heavy atom. The molecule has 1 aliphatic carbocycles. The molecule has 0 radical (unpaired) electrons. The molecule has 0 saturated heterocycles. The van der Waals surface area contributed by atoms with Crippen molar-refractivity contribution in [1.29, 1.82) is 0 Å². The van der Waals surface area contributed by atoms with E-state index in [0.717, 1.165) is 26.1 Å². The Morgan fingerprint density at radius 1 is 1.13 bits per heavy atom. The molecule has 0 fully saturated rings. The van der Waals surface area contributed by atoms with Crippen molar-refractivity contribution < 1.29 is 9.21 Å². The molecule has 0 unspecified atom stereocenters. The summed E-state index contributed by atoms with van der Waals surface area (Å²) in [5.74, 6) is 0.635. The number of hydrogen-bond acceptors (Lipinski definition) is 5. The van der Waals surface area contributed by atoms with E-state index in [0.29, 0.717) is 11.6 Å². The van der Waals surface area contributed by atoms with Crippen LogP contribution in [0.4, 0.5) is 5.88 Å². The van der Waals surface area contributed by atoms with Gasteiger partial charge >= 0.3 is 0 Å². The normalized spacial score (nSPS) is 12.1. The summed E-state index contributed by atoms with van der Waals surface area (Å²) in [6, 6.07) is 17.2. The number of furan rings is 1. The summed E-state index contributed by atoms with van der Waals surface area (Å²) in [6.45, 7) is 1.47. The second kappa shape index (κ2) is 5.44. The van der Waals surface area contributed by atoms with Gasteiger partial charge in [-0.15, -0.1) is 11.3 Å². The predicted molar refractivity (Wildman–Crippen MR) is 90.2 cm³/mol. The van der Waals surface area contributed by atoms with E-state index in [-0.39, 0.29) is 5.78 Å². The molecule has 0 bridgehead atoms. The van der Waals surface area contributed by atoms with E-state index in [1.54, 1.807) is 23.5 Å². The molecule has 0 saturated carbocycles. The Hall–Kier alpha value is -2.79. The average molecular weight is 320 g/mol. The van der Waals surface area contributed by atoms with E-state index in [1.165, 1.54) is 6.92 Å². The number of para-hydroxylation sites is 1. The zero-order chi connectivity index (χ0) is 15.8. The summed E-state index contributed by atoms with van der Waals surface area (Å²) in [6.07, 6.45) is 0. The van der Waals surface area contributed by atoms with Crippen LogP contribution in [0.1, 0.15) is 17.5 Å². The molecule has 0 atom stereocenters. The Labute approximate surface area is 136 Å². The zero-order valence-electron chi connectivity index (χ0n) is 12.3. The monoisotopic (exact) mass is 320 g/mol. The fourth-order valence-corrected chi connectivity index (χ4v) is 3.33. The van der Waals surface area contributed by atoms with Crippen molar-refractivity contribution in [2.24, 2.45) is 4.99 Å². The standard InChI is InChI=1S/C18H12N2O2S/c1-11(21)15-8-9-18(22-15)19-12-6-7-14-17(10-12)23-16-5-3-2-4-13(16)20-14/h2-10H,1H3. The third kappa shape index (κ3) is 2.66. The minimum absolute atomic E-state index is 0.108. The summed E-state index contributed by atoms with van der Waals surface area (Å²) < 4.78 is 6.54. The van der Waals surface area contributed by atoms with E-state index in [4.69, 9.17) is 4.42 Å². The molecule has 2 aliphatic rings. The number of carbonyl (C=O) groups is 1. The average Bonchev–Trinajstić information content (AvgIpc) is 3.01. The predicted octanol–water partition coefficient (Wildman–Crippen LogP) is 4.43. The van der Waals surface area contributed by atoms with E-state index in [9.17, 15) is 4.79 Å². The molecule has 2 aromatic rings. The lowest BCUT2D eigenvalue weighted by Gasteiger charge is -2.05. The largest absolute Gasteiger partial charge is 0.435 e. The first-order valence-electron chi connectivity index (χ1n) is 7.14. The molecule has 112 valence electrons. The van der Waals surface area contributed by atoms with Crippen molar-refractivity contribution in [3.05, 3.63) is 65.7 Å². The molecular weight excluding hydrogens is 308 g/mol. The highest BCUT2D eigenvalue weighted by Crippen LogP contribution is 2.29. The van der Waals surface area contributed by atoms with Crippen LogP contribution in [0.15, 0.2) is 64.0 Å². The van der Waals surface area contributed by atoms with Crippen LogP contribution < -0.4 is 5.36 Å². The maximum Gasteiger partial charge on any atom is 0.220 e. The molecule has 0 amide bonds. The van der Waals surface area contributed by atoms with Crippen molar-refractivity contribution in [3.8, 4) is 10.6 Å². The first-order chi connectivity index (χ1) is 11.2. The second-order valence-electron chi connectivity index (χ2n) is 5.14. The summed E-state index contributed by atoms with van der Waals surface area (Å²) in [5.41, 5.74) is 1.93. The second-order valence-corrected chi connectivity index (χ2v) is 6.22.